The van der Waals surface area contributed by atoms with E-state index in [0.29, 0.717) is 0 Å². The van der Waals surface area contributed by atoms with E-state index in [1.165, 1.54) is 12.8 Å². The number of thioether (sulfide) groups is 1. The second-order valence-electron chi connectivity index (χ2n) is 6.80. The number of amides is 1. The predicted molar refractivity (Wildman–Crippen MR) is 100 cm³/mol. The molecule has 1 N–H and O–H groups in total. The van der Waals surface area contributed by atoms with Crippen LogP contribution in [0.3, 0.4) is 0 Å². The molecule has 2 rings (SSSR count). The first-order valence-corrected chi connectivity index (χ1v) is 9.99. The summed E-state index contributed by atoms with van der Waals surface area (Å²) < 4.78 is 5.79. The van der Waals surface area contributed by atoms with E-state index in [2.05, 4.69) is 22.2 Å². The molecule has 0 bridgehead atoms. The van der Waals surface area contributed by atoms with Crippen molar-refractivity contribution in [2.45, 2.75) is 44.0 Å². The second kappa shape index (κ2) is 10.1. The van der Waals surface area contributed by atoms with Crippen LogP contribution in [-0.4, -0.2) is 61.7 Å². The first kappa shape index (κ1) is 19.3. The Morgan fingerprint density at radius 3 is 2.92 bits per heavy atom. The Bertz CT molecular complexity index is 504. The van der Waals surface area contributed by atoms with Gasteiger partial charge in [-0.1, -0.05) is 12.8 Å². The smallest absolute Gasteiger partial charge is 0.237 e. The van der Waals surface area contributed by atoms with Gasteiger partial charge >= 0.3 is 0 Å². The molecule has 1 saturated heterocycles. The summed E-state index contributed by atoms with van der Waals surface area (Å²) in [5.74, 6) is 3.96. The van der Waals surface area contributed by atoms with E-state index in [4.69, 9.17) is 4.42 Å². The number of nitrogens with zero attached hydrogens (tertiary/aromatic N) is 2. The maximum Gasteiger partial charge on any atom is 0.237 e. The maximum absolute atomic E-state index is 12.3. The van der Waals surface area contributed by atoms with E-state index in [1.54, 1.807) is 11.8 Å². The van der Waals surface area contributed by atoms with Crippen LogP contribution in [-0.2, 0) is 17.1 Å². The molecule has 5 nitrogen and oxygen atoms in total. The van der Waals surface area contributed by atoms with Crippen molar-refractivity contribution in [1.29, 1.82) is 0 Å². The van der Waals surface area contributed by atoms with E-state index in [9.17, 15) is 4.79 Å². The highest BCUT2D eigenvalue weighted by Crippen LogP contribution is 2.17. The van der Waals surface area contributed by atoms with Crippen LogP contribution in [0.5, 0.6) is 0 Å². The average Bonchev–Trinajstić information content (AvgIpc) is 2.84. The van der Waals surface area contributed by atoms with Crippen molar-refractivity contribution >= 4 is 17.7 Å². The van der Waals surface area contributed by atoms with Crippen LogP contribution in [0, 0.1) is 0 Å². The molecule has 1 atom stereocenters. The molecule has 0 spiro atoms. The fourth-order valence-electron chi connectivity index (χ4n) is 3.02. The van der Waals surface area contributed by atoms with Gasteiger partial charge in [0.05, 0.1) is 18.3 Å². The van der Waals surface area contributed by atoms with Crippen LogP contribution >= 0.6 is 11.8 Å². The SMILES string of the molecule is CN(C)Cc1ccc(CSCCNC(=O)[C@H]2CCCCCN2C)o1. The zero-order valence-corrected chi connectivity index (χ0v) is 16.0. The zero-order chi connectivity index (χ0) is 17.4. The monoisotopic (exact) mass is 353 g/mol. The molecule has 0 unspecified atom stereocenters. The molecule has 1 aromatic heterocycles. The summed E-state index contributed by atoms with van der Waals surface area (Å²) in [6.45, 7) is 2.58. The molecule has 1 aliphatic heterocycles. The normalized spacial score (nSPS) is 19.4. The third-order valence-corrected chi connectivity index (χ3v) is 5.28. The molecular formula is C18H31N3O2S. The third kappa shape index (κ3) is 6.49. The van der Waals surface area contributed by atoms with Crippen LogP contribution in [0.4, 0.5) is 0 Å². The Balaban J connectivity index is 1.62. The van der Waals surface area contributed by atoms with Crippen LogP contribution < -0.4 is 5.32 Å². The first-order valence-electron chi connectivity index (χ1n) is 8.84. The third-order valence-electron chi connectivity index (χ3n) is 4.30. The number of carbonyl (C=O) groups is 1. The molecule has 2 heterocycles. The Hall–Kier alpha value is -0.980. The molecule has 1 fully saturated rings. The van der Waals surface area contributed by atoms with E-state index >= 15 is 0 Å². The van der Waals surface area contributed by atoms with Crippen molar-refractivity contribution in [3.8, 4) is 0 Å². The molecule has 0 radical (unpaired) electrons. The quantitative estimate of drug-likeness (QED) is 0.728. The van der Waals surface area contributed by atoms with Gasteiger partial charge in [-0.25, -0.2) is 0 Å². The molecule has 0 aliphatic carbocycles. The Kier molecular flexibility index (Phi) is 8.15. The highest BCUT2D eigenvalue weighted by molar-refractivity contribution is 7.98. The van der Waals surface area contributed by atoms with Crippen molar-refractivity contribution in [2.75, 3.05) is 40.0 Å². The van der Waals surface area contributed by atoms with Crippen molar-refractivity contribution in [3.05, 3.63) is 23.7 Å². The van der Waals surface area contributed by atoms with Crippen LogP contribution in [0.2, 0.25) is 0 Å². The summed E-state index contributed by atoms with van der Waals surface area (Å²) in [5.41, 5.74) is 0. The van der Waals surface area contributed by atoms with Gasteiger partial charge < -0.3 is 14.6 Å². The molecule has 1 aliphatic rings. The number of hydrogen-bond acceptors (Lipinski definition) is 5. The Labute approximate surface area is 150 Å². The van der Waals surface area contributed by atoms with Gasteiger partial charge in [0.15, 0.2) is 0 Å². The molecular weight excluding hydrogens is 322 g/mol. The molecule has 1 aromatic rings. The highest BCUT2D eigenvalue weighted by atomic mass is 32.2. The van der Waals surface area contributed by atoms with Crippen LogP contribution in [0.1, 0.15) is 37.2 Å². The minimum atomic E-state index is 0.0520. The van der Waals surface area contributed by atoms with E-state index < -0.39 is 0 Å². The molecule has 0 aromatic carbocycles. The molecule has 6 heteroatoms. The van der Waals surface area contributed by atoms with Gasteiger partial charge in [0.25, 0.3) is 0 Å². The Morgan fingerprint density at radius 2 is 2.12 bits per heavy atom. The lowest BCUT2D eigenvalue weighted by atomic mass is 10.1. The standard InChI is InChI=1S/C18H31N3O2S/c1-20(2)13-15-8-9-16(23-15)14-24-12-10-19-18(22)17-7-5-4-6-11-21(17)3/h8-9,17H,4-7,10-14H2,1-3H3,(H,19,22)/t17-/m1/s1. The molecule has 136 valence electrons. The van der Waals surface area contributed by atoms with Gasteiger partial charge in [-0.3, -0.25) is 9.69 Å². The number of likely N-dealkylation sites (tertiary alicyclic amines) is 1. The second-order valence-corrected chi connectivity index (χ2v) is 7.90. The van der Waals surface area contributed by atoms with Crippen LogP contribution in [0.15, 0.2) is 16.5 Å². The number of nitrogens with one attached hydrogen (secondary N) is 1. The number of furan rings is 1. The Morgan fingerprint density at radius 1 is 1.33 bits per heavy atom. The van der Waals surface area contributed by atoms with Gasteiger partial charge in [0.2, 0.25) is 5.91 Å². The summed E-state index contributed by atoms with van der Waals surface area (Å²) in [5, 5.41) is 3.09. The molecule has 0 saturated carbocycles. The predicted octanol–water partition coefficient (Wildman–Crippen LogP) is 2.57. The maximum atomic E-state index is 12.3. The minimum absolute atomic E-state index is 0.0520. The topological polar surface area (TPSA) is 48.7 Å². The largest absolute Gasteiger partial charge is 0.464 e. The van der Waals surface area contributed by atoms with Gasteiger partial charge in [-0.05, 0) is 52.7 Å². The van der Waals surface area contributed by atoms with Gasteiger partial charge in [-0.2, -0.15) is 11.8 Å². The fourth-order valence-corrected chi connectivity index (χ4v) is 3.76. The van der Waals surface area contributed by atoms with Gasteiger partial charge in [0, 0.05) is 12.3 Å². The minimum Gasteiger partial charge on any atom is -0.464 e. The number of rotatable bonds is 8. The zero-order valence-electron chi connectivity index (χ0n) is 15.2. The summed E-state index contributed by atoms with van der Waals surface area (Å²) in [6.07, 6.45) is 4.58. The average molecular weight is 354 g/mol. The van der Waals surface area contributed by atoms with Crippen molar-refractivity contribution in [2.24, 2.45) is 0 Å². The number of carbonyl (C=O) groups excluding carboxylic acids is 1. The summed E-state index contributed by atoms with van der Waals surface area (Å²) >= 11 is 1.80. The van der Waals surface area contributed by atoms with E-state index in [-0.39, 0.29) is 11.9 Å². The van der Waals surface area contributed by atoms with Crippen molar-refractivity contribution in [1.82, 2.24) is 15.1 Å². The lowest BCUT2D eigenvalue weighted by molar-refractivity contribution is -0.125. The fraction of sp³-hybridized carbons (Fsp3) is 0.722. The van der Waals surface area contributed by atoms with Crippen molar-refractivity contribution in [3.63, 3.8) is 0 Å². The summed E-state index contributed by atoms with van der Waals surface area (Å²) in [6, 6.07) is 4.14. The van der Waals surface area contributed by atoms with Gasteiger partial charge in [0.1, 0.15) is 11.5 Å². The van der Waals surface area contributed by atoms with E-state index in [1.807, 2.05) is 26.2 Å². The lowest BCUT2D eigenvalue weighted by Crippen LogP contribution is -2.45. The first-order chi connectivity index (χ1) is 11.6. The number of hydrogen-bond donors (Lipinski definition) is 1. The molecule has 1 amide bonds. The van der Waals surface area contributed by atoms with Crippen molar-refractivity contribution < 1.29 is 9.21 Å². The van der Waals surface area contributed by atoms with E-state index in [0.717, 1.165) is 55.5 Å². The summed E-state index contributed by atoms with van der Waals surface area (Å²) in [7, 11) is 6.13. The number of likely N-dealkylation sites (N-methyl/N-ethyl adjacent to an activating group) is 1. The van der Waals surface area contributed by atoms with Gasteiger partial charge in [-0.15, -0.1) is 0 Å². The summed E-state index contributed by atoms with van der Waals surface area (Å²) in [4.78, 5) is 16.6. The molecule has 24 heavy (non-hydrogen) atoms. The van der Waals surface area contributed by atoms with Crippen LogP contribution in [0.25, 0.3) is 0 Å². The highest BCUT2D eigenvalue weighted by Gasteiger charge is 2.24. The lowest BCUT2D eigenvalue weighted by Gasteiger charge is -2.24.